The Balaban J connectivity index is 1.77. The first-order valence-electron chi connectivity index (χ1n) is 6.05. The van der Waals surface area contributed by atoms with Crippen molar-refractivity contribution in [1.29, 1.82) is 0 Å². The minimum atomic E-state index is -0.540. The molecule has 0 fully saturated rings. The zero-order chi connectivity index (χ0) is 13.2. The third-order valence-corrected chi connectivity index (χ3v) is 3.66. The summed E-state index contributed by atoms with van der Waals surface area (Å²) in [5.74, 6) is 0.703. The smallest absolute Gasteiger partial charge is 0.193 e. The van der Waals surface area contributed by atoms with Gasteiger partial charge >= 0.3 is 0 Å². The van der Waals surface area contributed by atoms with Gasteiger partial charge in [-0.2, -0.15) is 0 Å². The average molecular weight is 274 g/mol. The van der Waals surface area contributed by atoms with Gasteiger partial charge in [-0.05, 0) is 13.0 Å². The van der Waals surface area contributed by atoms with E-state index in [1.807, 2.05) is 46.4 Å². The lowest BCUT2D eigenvalue weighted by Gasteiger charge is -2.12. The van der Waals surface area contributed by atoms with Gasteiger partial charge in [-0.15, -0.1) is 11.3 Å². The molecule has 1 atom stereocenters. The number of imidazole rings is 1. The second-order valence-corrected chi connectivity index (χ2v) is 5.20. The van der Waals surface area contributed by atoms with E-state index in [0.717, 1.165) is 16.2 Å². The monoisotopic (exact) mass is 274 g/mol. The Kier molecular flexibility index (Phi) is 3.23. The van der Waals surface area contributed by atoms with Crippen molar-refractivity contribution in [1.82, 2.24) is 9.38 Å². The summed E-state index contributed by atoms with van der Waals surface area (Å²) in [5.41, 5.74) is 1.68. The highest BCUT2D eigenvalue weighted by atomic mass is 32.1. The van der Waals surface area contributed by atoms with Gasteiger partial charge in [0.25, 0.3) is 0 Å². The molecule has 19 heavy (non-hydrogen) atoms. The summed E-state index contributed by atoms with van der Waals surface area (Å²) >= 11 is 1.59. The number of aromatic nitrogens is 2. The van der Waals surface area contributed by atoms with Crippen molar-refractivity contribution >= 4 is 16.3 Å². The fourth-order valence-corrected chi connectivity index (χ4v) is 2.67. The van der Waals surface area contributed by atoms with Crippen molar-refractivity contribution in [3.8, 4) is 5.75 Å². The van der Waals surface area contributed by atoms with Crippen LogP contribution in [0.3, 0.4) is 0 Å². The van der Waals surface area contributed by atoms with Gasteiger partial charge in [0, 0.05) is 23.3 Å². The lowest BCUT2D eigenvalue weighted by Crippen LogP contribution is -2.00. The van der Waals surface area contributed by atoms with E-state index in [-0.39, 0.29) is 0 Å². The van der Waals surface area contributed by atoms with E-state index in [9.17, 15) is 5.11 Å². The summed E-state index contributed by atoms with van der Waals surface area (Å²) < 4.78 is 7.73. The van der Waals surface area contributed by atoms with E-state index >= 15 is 0 Å². The minimum Gasteiger partial charge on any atom is -0.487 e. The van der Waals surface area contributed by atoms with Gasteiger partial charge in [0.1, 0.15) is 12.4 Å². The molecule has 0 aliphatic heterocycles. The van der Waals surface area contributed by atoms with Gasteiger partial charge in [-0.1, -0.05) is 18.2 Å². The number of ether oxygens (including phenoxy) is 1. The first-order valence-corrected chi connectivity index (χ1v) is 6.93. The van der Waals surface area contributed by atoms with Gasteiger partial charge in [-0.25, -0.2) is 4.98 Å². The lowest BCUT2D eigenvalue weighted by molar-refractivity contribution is 0.190. The molecule has 0 aliphatic carbocycles. The number of hydrogen-bond donors (Lipinski definition) is 1. The molecule has 0 saturated heterocycles. The van der Waals surface area contributed by atoms with E-state index < -0.39 is 6.10 Å². The molecule has 0 saturated carbocycles. The molecule has 0 unspecified atom stereocenters. The van der Waals surface area contributed by atoms with E-state index in [1.54, 1.807) is 18.3 Å². The summed E-state index contributed by atoms with van der Waals surface area (Å²) in [5, 5.41) is 11.7. The van der Waals surface area contributed by atoms with E-state index in [1.165, 1.54) is 0 Å². The van der Waals surface area contributed by atoms with Crippen molar-refractivity contribution in [2.75, 3.05) is 0 Å². The van der Waals surface area contributed by atoms with Crippen LogP contribution in [0.2, 0.25) is 0 Å². The molecule has 4 nitrogen and oxygen atoms in total. The number of fused-ring (bicyclic) bond motifs is 1. The fraction of sp³-hybridized carbons (Fsp3) is 0.214. The maximum Gasteiger partial charge on any atom is 0.193 e. The van der Waals surface area contributed by atoms with Crippen LogP contribution in [-0.2, 0) is 6.61 Å². The van der Waals surface area contributed by atoms with Crippen LogP contribution in [-0.4, -0.2) is 14.5 Å². The second-order valence-electron chi connectivity index (χ2n) is 4.33. The largest absolute Gasteiger partial charge is 0.487 e. The van der Waals surface area contributed by atoms with Crippen molar-refractivity contribution in [3.05, 3.63) is 53.3 Å². The number of benzene rings is 1. The summed E-state index contributed by atoms with van der Waals surface area (Å²) in [4.78, 5) is 5.42. The van der Waals surface area contributed by atoms with Crippen molar-refractivity contribution in [2.24, 2.45) is 0 Å². The molecule has 1 N–H and O–H groups in total. The molecular weight excluding hydrogens is 260 g/mol. The van der Waals surface area contributed by atoms with Crippen molar-refractivity contribution in [2.45, 2.75) is 19.6 Å². The molecule has 0 aliphatic rings. The Morgan fingerprint density at radius 3 is 3.05 bits per heavy atom. The summed E-state index contributed by atoms with van der Waals surface area (Å²) in [6.07, 6.45) is 3.39. The SMILES string of the molecule is C[C@H](O)c1ccccc1OCc1cn2ccsc2n1. The van der Waals surface area contributed by atoms with Crippen LogP contribution < -0.4 is 4.74 Å². The molecule has 0 spiro atoms. The zero-order valence-corrected chi connectivity index (χ0v) is 11.3. The highest BCUT2D eigenvalue weighted by molar-refractivity contribution is 7.15. The predicted molar refractivity (Wildman–Crippen MR) is 74.5 cm³/mol. The van der Waals surface area contributed by atoms with E-state index in [2.05, 4.69) is 4.98 Å². The normalized spacial score (nSPS) is 12.7. The molecule has 98 valence electrons. The Morgan fingerprint density at radius 1 is 1.42 bits per heavy atom. The van der Waals surface area contributed by atoms with Gasteiger partial charge < -0.3 is 9.84 Å². The number of nitrogens with zero attached hydrogens (tertiary/aromatic N) is 2. The van der Waals surface area contributed by atoms with E-state index in [4.69, 9.17) is 4.74 Å². The number of aliphatic hydroxyl groups excluding tert-OH is 1. The van der Waals surface area contributed by atoms with Crippen LogP contribution in [0.25, 0.3) is 4.96 Å². The quantitative estimate of drug-likeness (QED) is 0.795. The molecule has 0 amide bonds. The van der Waals surface area contributed by atoms with Gasteiger partial charge in [-0.3, -0.25) is 4.40 Å². The predicted octanol–water partition coefficient (Wildman–Crippen LogP) is 3.03. The van der Waals surface area contributed by atoms with Crippen molar-refractivity contribution in [3.63, 3.8) is 0 Å². The Labute approximate surface area is 114 Å². The topological polar surface area (TPSA) is 46.8 Å². The zero-order valence-electron chi connectivity index (χ0n) is 10.5. The molecular formula is C14H14N2O2S. The second kappa shape index (κ2) is 5.03. The summed E-state index contributed by atoms with van der Waals surface area (Å²) in [6, 6.07) is 7.51. The Hall–Kier alpha value is -1.85. The minimum absolute atomic E-state index is 0.401. The number of para-hydroxylation sites is 1. The summed E-state index contributed by atoms with van der Waals surface area (Å²) in [6.45, 7) is 2.13. The van der Waals surface area contributed by atoms with Gasteiger partial charge in [0.15, 0.2) is 4.96 Å². The lowest BCUT2D eigenvalue weighted by atomic mass is 10.1. The maximum atomic E-state index is 9.68. The van der Waals surface area contributed by atoms with Crippen LogP contribution in [0.5, 0.6) is 5.75 Å². The number of rotatable bonds is 4. The maximum absolute atomic E-state index is 9.68. The first kappa shape index (κ1) is 12.2. The number of hydrogen-bond acceptors (Lipinski definition) is 4. The highest BCUT2D eigenvalue weighted by Crippen LogP contribution is 2.25. The summed E-state index contributed by atoms with van der Waals surface area (Å²) in [7, 11) is 0. The molecule has 1 aromatic carbocycles. The fourth-order valence-electron chi connectivity index (χ4n) is 1.95. The van der Waals surface area contributed by atoms with Crippen LogP contribution >= 0.6 is 11.3 Å². The number of thiazole rings is 1. The number of aliphatic hydroxyl groups is 1. The first-order chi connectivity index (χ1) is 9.24. The average Bonchev–Trinajstić information content (AvgIpc) is 2.97. The van der Waals surface area contributed by atoms with Gasteiger partial charge in [0.05, 0.1) is 11.8 Å². The van der Waals surface area contributed by atoms with E-state index in [0.29, 0.717) is 12.4 Å². The molecule has 3 aromatic rings. The molecule has 0 bridgehead atoms. The molecule has 3 rings (SSSR count). The van der Waals surface area contributed by atoms with Crippen molar-refractivity contribution < 1.29 is 9.84 Å². The van der Waals surface area contributed by atoms with Crippen LogP contribution in [0.1, 0.15) is 24.3 Å². The molecule has 0 radical (unpaired) electrons. The van der Waals surface area contributed by atoms with Crippen LogP contribution in [0, 0.1) is 0 Å². The standard InChI is InChI=1S/C14H14N2O2S/c1-10(17)12-4-2-3-5-13(12)18-9-11-8-16-6-7-19-14(16)15-11/h2-8,10,17H,9H2,1H3/t10-/m0/s1. The molecule has 2 heterocycles. The third kappa shape index (κ3) is 2.47. The Morgan fingerprint density at radius 2 is 2.26 bits per heavy atom. The molecule has 2 aromatic heterocycles. The third-order valence-electron chi connectivity index (χ3n) is 2.89. The Bertz CT molecular complexity index is 659. The van der Waals surface area contributed by atoms with Crippen LogP contribution in [0.4, 0.5) is 0 Å². The molecule has 5 heteroatoms. The van der Waals surface area contributed by atoms with Crippen LogP contribution in [0.15, 0.2) is 42.0 Å². The van der Waals surface area contributed by atoms with Gasteiger partial charge in [0.2, 0.25) is 0 Å². The highest BCUT2D eigenvalue weighted by Gasteiger charge is 2.09.